The van der Waals surface area contributed by atoms with Crippen LogP contribution in [-0.4, -0.2) is 58.3 Å². The van der Waals surface area contributed by atoms with Gasteiger partial charge in [0.05, 0.1) is 34.4 Å². The van der Waals surface area contributed by atoms with Gasteiger partial charge in [-0.05, 0) is 66.4 Å². The van der Waals surface area contributed by atoms with Crippen molar-refractivity contribution in [1.82, 2.24) is 10.6 Å². The molecule has 2 amide bonds. The lowest BCUT2D eigenvalue weighted by molar-refractivity contribution is -0.122. The quantitative estimate of drug-likeness (QED) is 0.178. The van der Waals surface area contributed by atoms with Gasteiger partial charge in [-0.15, -0.1) is 0 Å². The predicted octanol–water partition coefficient (Wildman–Crippen LogP) is 4.36. The highest BCUT2D eigenvalue weighted by Crippen LogP contribution is 2.29. The normalized spacial score (nSPS) is 11.8. The molecule has 0 radical (unpaired) electrons. The van der Waals surface area contributed by atoms with E-state index in [1.54, 1.807) is 43.5 Å². The van der Waals surface area contributed by atoms with Crippen LogP contribution in [0.25, 0.3) is 0 Å². The van der Waals surface area contributed by atoms with Crippen LogP contribution in [0, 0.1) is 0 Å². The molecule has 43 heavy (non-hydrogen) atoms. The molecule has 4 N–H and O–H groups in total. The Morgan fingerprint density at radius 3 is 2.21 bits per heavy atom. The molecule has 10 nitrogen and oxygen atoms in total. The maximum atomic E-state index is 13.3. The van der Waals surface area contributed by atoms with Crippen LogP contribution < -0.4 is 35.3 Å². The van der Waals surface area contributed by atoms with Crippen molar-refractivity contribution in [3.8, 4) is 23.0 Å². The average Bonchev–Trinajstić information content (AvgIpc) is 2.98. The van der Waals surface area contributed by atoms with Crippen molar-refractivity contribution in [3.05, 3.63) is 81.3 Å². The number of guanidine groups is 1. The Kier molecular flexibility index (Phi) is 12.8. The largest absolute Gasteiger partial charge is 0.493 e. The van der Waals surface area contributed by atoms with E-state index in [0.29, 0.717) is 63.7 Å². The number of aliphatic imine (C=N–C) groups is 1. The van der Waals surface area contributed by atoms with Gasteiger partial charge in [-0.25, -0.2) is 4.99 Å². The standard InChI is InChI=1S/C31H36Cl2N4O6/c1-5-43-26-11-6-19(14-28(26)42-4)12-13-35-30(39)24(17-21-8-9-22(32)18-23(21)33)36-31(34)37-29(38)16-20-7-10-25(40-2)27(15-20)41-3/h6-11,14-15,18,24H,5,12-13,16-17H2,1-4H3,(H,35,39)(H3,34,36,37,38)/t24-/m1/s1. The Bertz CT molecular complexity index is 1450. The van der Waals surface area contributed by atoms with Gasteiger partial charge in [0.1, 0.15) is 6.04 Å². The summed E-state index contributed by atoms with van der Waals surface area (Å²) in [6.45, 7) is 2.74. The van der Waals surface area contributed by atoms with Gasteiger partial charge in [0.2, 0.25) is 11.8 Å². The third-order valence-electron chi connectivity index (χ3n) is 6.35. The summed E-state index contributed by atoms with van der Waals surface area (Å²) in [6.07, 6.45) is 0.664. The van der Waals surface area contributed by atoms with Gasteiger partial charge in [0, 0.05) is 23.0 Å². The minimum atomic E-state index is -0.977. The van der Waals surface area contributed by atoms with E-state index in [4.69, 9.17) is 47.9 Å². The molecule has 1 atom stereocenters. The number of ether oxygens (including phenoxy) is 4. The molecule has 12 heteroatoms. The topological polar surface area (TPSA) is 134 Å². The highest BCUT2D eigenvalue weighted by Gasteiger charge is 2.21. The van der Waals surface area contributed by atoms with E-state index in [1.807, 2.05) is 25.1 Å². The van der Waals surface area contributed by atoms with Crippen LogP contribution in [0.1, 0.15) is 23.6 Å². The van der Waals surface area contributed by atoms with Gasteiger partial charge in [-0.3, -0.25) is 14.9 Å². The van der Waals surface area contributed by atoms with Crippen molar-refractivity contribution in [2.45, 2.75) is 32.2 Å². The number of nitrogens with zero attached hydrogens (tertiary/aromatic N) is 1. The number of rotatable bonds is 14. The van der Waals surface area contributed by atoms with Gasteiger partial charge < -0.3 is 30.0 Å². The number of nitrogens with one attached hydrogen (secondary N) is 2. The summed E-state index contributed by atoms with van der Waals surface area (Å²) in [7, 11) is 4.62. The lowest BCUT2D eigenvalue weighted by Crippen LogP contribution is -2.42. The monoisotopic (exact) mass is 630 g/mol. The molecular formula is C31H36Cl2N4O6. The number of methoxy groups -OCH3 is 3. The summed E-state index contributed by atoms with van der Waals surface area (Å²) in [6, 6.07) is 14.8. The van der Waals surface area contributed by atoms with E-state index in [-0.39, 0.29) is 24.7 Å². The van der Waals surface area contributed by atoms with Crippen LogP contribution in [0.4, 0.5) is 0 Å². The number of nitrogens with two attached hydrogens (primary N) is 1. The molecule has 3 aromatic carbocycles. The fourth-order valence-electron chi connectivity index (χ4n) is 4.25. The van der Waals surface area contributed by atoms with Crippen molar-refractivity contribution >= 4 is 41.0 Å². The fraction of sp³-hybridized carbons (Fsp3) is 0.323. The Labute approximate surface area is 261 Å². The van der Waals surface area contributed by atoms with E-state index >= 15 is 0 Å². The Hall–Kier alpha value is -4.15. The van der Waals surface area contributed by atoms with Gasteiger partial charge in [-0.2, -0.15) is 0 Å². The van der Waals surface area contributed by atoms with Crippen LogP contribution >= 0.6 is 23.2 Å². The molecule has 0 aliphatic heterocycles. The van der Waals surface area contributed by atoms with Gasteiger partial charge >= 0.3 is 0 Å². The van der Waals surface area contributed by atoms with Crippen LogP contribution in [0.15, 0.2) is 59.6 Å². The number of halogens is 2. The van der Waals surface area contributed by atoms with Crippen molar-refractivity contribution in [1.29, 1.82) is 0 Å². The first-order valence-electron chi connectivity index (χ1n) is 13.5. The number of hydrogen-bond acceptors (Lipinski definition) is 7. The third kappa shape index (κ3) is 9.97. The highest BCUT2D eigenvalue weighted by molar-refractivity contribution is 6.35. The van der Waals surface area contributed by atoms with Crippen LogP contribution in [0.2, 0.25) is 10.0 Å². The Balaban J connectivity index is 1.71. The first kappa shape index (κ1) is 33.4. The second kappa shape index (κ2) is 16.5. The number of amides is 2. The summed E-state index contributed by atoms with van der Waals surface area (Å²) in [4.78, 5) is 30.4. The summed E-state index contributed by atoms with van der Waals surface area (Å²) in [5, 5.41) is 6.31. The Morgan fingerprint density at radius 1 is 0.884 bits per heavy atom. The lowest BCUT2D eigenvalue weighted by atomic mass is 10.1. The Morgan fingerprint density at radius 2 is 1.53 bits per heavy atom. The highest BCUT2D eigenvalue weighted by atomic mass is 35.5. The molecule has 0 aliphatic rings. The SMILES string of the molecule is CCOc1ccc(CCNC(=O)[C@@H](Cc2ccc(Cl)cc2Cl)N=C(N)NC(=O)Cc2ccc(OC)c(OC)c2)cc1OC. The van der Waals surface area contributed by atoms with Crippen molar-refractivity contribution in [2.75, 3.05) is 34.5 Å². The molecule has 0 unspecified atom stereocenters. The maximum absolute atomic E-state index is 13.3. The molecule has 0 aliphatic carbocycles. The third-order valence-corrected chi connectivity index (χ3v) is 6.93. The van der Waals surface area contributed by atoms with E-state index in [1.165, 1.54) is 14.2 Å². The average molecular weight is 632 g/mol. The molecule has 0 aromatic heterocycles. The first-order valence-corrected chi connectivity index (χ1v) is 14.3. The molecule has 0 saturated carbocycles. The van der Waals surface area contributed by atoms with Crippen molar-refractivity contribution in [2.24, 2.45) is 10.7 Å². The molecule has 0 fully saturated rings. The number of benzene rings is 3. The van der Waals surface area contributed by atoms with Crippen LogP contribution in [-0.2, 0) is 28.9 Å². The molecule has 230 valence electrons. The minimum Gasteiger partial charge on any atom is -0.493 e. The van der Waals surface area contributed by atoms with Gasteiger partial charge in [-0.1, -0.05) is 41.4 Å². The lowest BCUT2D eigenvalue weighted by Gasteiger charge is -2.16. The fourth-order valence-corrected chi connectivity index (χ4v) is 4.73. The molecule has 0 spiro atoms. The maximum Gasteiger partial charge on any atom is 0.245 e. The van der Waals surface area contributed by atoms with Crippen molar-refractivity contribution < 1.29 is 28.5 Å². The molecule has 0 heterocycles. The first-order chi connectivity index (χ1) is 20.7. The summed E-state index contributed by atoms with van der Waals surface area (Å²) in [5.41, 5.74) is 8.36. The molecule has 0 bridgehead atoms. The van der Waals surface area contributed by atoms with Crippen LogP contribution in [0.3, 0.4) is 0 Å². The van der Waals surface area contributed by atoms with E-state index in [2.05, 4.69) is 15.6 Å². The summed E-state index contributed by atoms with van der Waals surface area (Å²) >= 11 is 12.4. The second-order valence-electron chi connectivity index (χ2n) is 9.34. The zero-order valence-corrected chi connectivity index (χ0v) is 26.1. The molecule has 3 aromatic rings. The zero-order chi connectivity index (χ0) is 31.4. The van der Waals surface area contributed by atoms with Gasteiger partial charge in [0.25, 0.3) is 0 Å². The number of carbonyl (C=O) groups is 2. The van der Waals surface area contributed by atoms with E-state index in [9.17, 15) is 9.59 Å². The summed E-state index contributed by atoms with van der Waals surface area (Å²) < 4.78 is 21.5. The zero-order valence-electron chi connectivity index (χ0n) is 24.5. The smallest absolute Gasteiger partial charge is 0.245 e. The molecule has 3 rings (SSSR count). The van der Waals surface area contributed by atoms with E-state index in [0.717, 1.165) is 5.56 Å². The van der Waals surface area contributed by atoms with Gasteiger partial charge in [0.15, 0.2) is 29.0 Å². The van der Waals surface area contributed by atoms with E-state index < -0.39 is 11.9 Å². The number of hydrogen-bond donors (Lipinski definition) is 3. The second-order valence-corrected chi connectivity index (χ2v) is 10.2. The molecule has 0 saturated heterocycles. The predicted molar refractivity (Wildman–Crippen MR) is 168 cm³/mol. The minimum absolute atomic E-state index is 0.00198. The summed E-state index contributed by atoms with van der Waals surface area (Å²) in [5.74, 6) is 1.30. The molecular weight excluding hydrogens is 595 g/mol. The van der Waals surface area contributed by atoms with Crippen molar-refractivity contribution in [3.63, 3.8) is 0 Å². The number of carbonyl (C=O) groups excluding carboxylic acids is 2. The van der Waals surface area contributed by atoms with Crippen LogP contribution in [0.5, 0.6) is 23.0 Å².